The maximum absolute atomic E-state index is 11.7. The molecule has 0 unspecified atom stereocenters. The van der Waals surface area contributed by atoms with Gasteiger partial charge in [0.25, 0.3) is 0 Å². The van der Waals surface area contributed by atoms with Crippen molar-refractivity contribution in [3.8, 4) is 16.9 Å². The number of anilines is 2. The molecule has 0 spiro atoms. The second-order valence-electron chi connectivity index (χ2n) is 7.86. The molecule has 0 aliphatic carbocycles. The summed E-state index contributed by atoms with van der Waals surface area (Å²) in [7, 11) is 1.31. The van der Waals surface area contributed by atoms with E-state index in [0.29, 0.717) is 17.8 Å². The summed E-state index contributed by atoms with van der Waals surface area (Å²) in [6.45, 7) is 0.548. The zero-order valence-corrected chi connectivity index (χ0v) is 18.9. The summed E-state index contributed by atoms with van der Waals surface area (Å²) in [5.74, 6) is 0.0823. The number of rotatable bonds is 7. The van der Waals surface area contributed by atoms with Crippen LogP contribution in [0.2, 0.25) is 0 Å². The average Bonchev–Trinajstić information content (AvgIpc) is 2.78. The van der Waals surface area contributed by atoms with Crippen LogP contribution in [0.3, 0.4) is 0 Å². The number of benzene rings is 3. The molecule has 7 heteroatoms. The minimum atomic E-state index is -2.64. The van der Waals surface area contributed by atoms with Crippen molar-refractivity contribution in [3.05, 3.63) is 84.6 Å². The van der Waals surface area contributed by atoms with Crippen molar-refractivity contribution in [2.45, 2.75) is 5.75 Å². The molecule has 0 bridgehead atoms. The van der Waals surface area contributed by atoms with Crippen LogP contribution in [0.4, 0.5) is 11.4 Å². The number of thiol groups is 1. The van der Waals surface area contributed by atoms with Gasteiger partial charge < -0.3 is 10.0 Å². The lowest BCUT2D eigenvalue weighted by Gasteiger charge is -2.31. The van der Waals surface area contributed by atoms with Gasteiger partial charge in [0.2, 0.25) is 0 Å². The topological polar surface area (TPSA) is 73.7 Å². The summed E-state index contributed by atoms with van der Waals surface area (Å²) < 4.78 is 23.4. The van der Waals surface area contributed by atoms with E-state index in [-0.39, 0.29) is 11.5 Å². The molecule has 0 saturated carbocycles. The van der Waals surface area contributed by atoms with Crippen molar-refractivity contribution >= 4 is 33.0 Å². The van der Waals surface area contributed by atoms with Crippen LogP contribution >= 0.6 is 0 Å². The van der Waals surface area contributed by atoms with E-state index in [4.69, 9.17) is 0 Å². The molecule has 4 rings (SSSR count). The number of nitrogens with zero attached hydrogens (tertiary/aromatic N) is 3. The van der Waals surface area contributed by atoms with E-state index in [1.54, 1.807) is 18.3 Å². The Kier molecular flexibility index (Phi) is 6.39. The fourth-order valence-electron chi connectivity index (χ4n) is 3.85. The first-order valence-electron chi connectivity index (χ1n) is 10.2. The highest BCUT2D eigenvalue weighted by atomic mass is 32.2. The van der Waals surface area contributed by atoms with Crippen LogP contribution in [0.5, 0.6) is 5.75 Å². The summed E-state index contributed by atoms with van der Waals surface area (Å²) in [6, 6.07) is 22.8. The first kappa shape index (κ1) is 21.8. The van der Waals surface area contributed by atoms with Crippen LogP contribution in [0, 0.1) is 0 Å². The summed E-state index contributed by atoms with van der Waals surface area (Å²) in [6.07, 6.45) is 1.65. The number of hydrogen-bond donors (Lipinski definition) is 2. The number of aromatic nitrogens is 1. The number of phenolic OH excluding ortho intramolecular Hbond substituents is 1. The van der Waals surface area contributed by atoms with Gasteiger partial charge in [0.15, 0.2) is 0 Å². The molecule has 0 aliphatic rings. The van der Waals surface area contributed by atoms with Crippen LogP contribution in [-0.2, 0) is 16.5 Å². The van der Waals surface area contributed by atoms with Gasteiger partial charge in [-0.3, -0.25) is 9.88 Å². The molecule has 32 heavy (non-hydrogen) atoms. The first-order valence-corrected chi connectivity index (χ1v) is 11.6. The lowest BCUT2D eigenvalue weighted by Crippen LogP contribution is -2.30. The van der Waals surface area contributed by atoms with Crippen LogP contribution in [0.25, 0.3) is 22.0 Å². The maximum Gasteiger partial charge on any atom is 0.144 e. The van der Waals surface area contributed by atoms with Crippen molar-refractivity contribution in [1.82, 2.24) is 9.88 Å². The standard InChI is InChI=1S/C25H25N3O3S/c1-27(2)17-28(20-8-4-3-5-9-20)25-19(16-32(30)31)15-26-23-13-12-18(14-22(23)25)21-10-6-7-11-24(21)29/h3-15,29,32H,16-17H2,1-2H3. The fourth-order valence-corrected chi connectivity index (χ4v) is 4.36. The van der Waals surface area contributed by atoms with Crippen molar-refractivity contribution < 1.29 is 13.5 Å². The van der Waals surface area contributed by atoms with Gasteiger partial charge in [-0.05, 0) is 50.0 Å². The summed E-state index contributed by atoms with van der Waals surface area (Å²) in [4.78, 5) is 8.68. The Morgan fingerprint density at radius 2 is 1.66 bits per heavy atom. The predicted octanol–water partition coefficient (Wildman–Crippen LogP) is 4.38. The molecule has 6 nitrogen and oxygen atoms in total. The first-order chi connectivity index (χ1) is 15.4. The van der Waals surface area contributed by atoms with Gasteiger partial charge in [-0.2, -0.15) is 0 Å². The Morgan fingerprint density at radius 3 is 2.34 bits per heavy atom. The molecule has 1 aromatic heterocycles. The third-order valence-electron chi connectivity index (χ3n) is 5.19. The molecule has 1 N–H and O–H groups in total. The zero-order valence-electron chi connectivity index (χ0n) is 18.0. The average molecular weight is 448 g/mol. The number of aromatic hydroxyl groups is 1. The SMILES string of the molecule is CN(C)CN(c1ccccc1)c1c(C[SH](=O)=O)cnc2ccc(-c3ccccc3O)cc12. The molecule has 0 amide bonds. The van der Waals surface area contributed by atoms with Gasteiger partial charge in [0.05, 0.1) is 23.6 Å². The van der Waals surface area contributed by atoms with E-state index in [1.165, 1.54) is 0 Å². The lowest BCUT2D eigenvalue weighted by atomic mass is 10.00. The maximum atomic E-state index is 11.7. The third kappa shape index (κ3) is 4.59. The smallest absolute Gasteiger partial charge is 0.144 e. The molecule has 0 fully saturated rings. The van der Waals surface area contributed by atoms with E-state index in [0.717, 1.165) is 27.8 Å². The van der Waals surface area contributed by atoms with Gasteiger partial charge in [-0.15, -0.1) is 0 Å². The second kappa shape index (κ2) is 9.38. The molecule has 4 aromatic rings. The third-order valence-corrected chi connectivity index (χ3v) is 5.79. The Balaban J connectivity index is 2.02. The molecule has 0 saturated heterocycles. The van der Waals surface area contributed by atoms with Gasteiger partial charge in [0, 0.05) is 28.4 Å². The number of fused-ring (bicyclic) bond motifs is 1. The van der Waals surface area contributed by atoms with Crippen LogP contribution in [0.1, 0.15) is 5.56 Å². The zero-order chi connectivity index (χ0) is 22.7. The number of para-hydroxylation sites is 2. The monoisotopic (exact) mass is 447 g/mol. The highest BCUT2D eigenvalue weighted by Crippen LogP contribution is 2.38. The molecule has 0 aliphatic heterocycles. The highest BCUT2D eigenvalue weighted by molar-refractivity contribution is 7.71. The predicted molar refractivity (Wildman–Crippen MR) is 130 cm³/mol. The van der Waals surface area contributed by atoms with Crippen molar-refractivity contribution in [2.75, 3.05) is 25.7 Å². The number of pyridine rings is 1. The van der Waals surface area contributed by atoms with Gasteiger partial charge in [-0.1, -0.05) is 42.5 Å². The Bertz CT molecular complexity index is 1310. The minimum Gasteiger partial charge on any atom is -0.507 e. The lowest BCUT2D eigenvalue weighted by molar-refractivity contribution is 0.418. The normalized spacial score (nSPS) is 11.4. The second-order valence-corrected chi connectivity index (χ2v) is 8.84. The molecule has 3 aromatic carbocycles. The summed E-state index contributed by atoms with van der Waals surface area (Å²) >= 11 is 0. The summed E-state index contributed by atoms with van der Waals surface area (Å²) in [5, 5.41) is 11.2. The van der Waals surface area contributed by atoms with Gasteiger partial charge in [-0.25, -0.2) is 8.42 Å². The van der Waals surface area contributed by atoms with E-state index in [1.807, 2.05) is 79.7 Å². The molecule has 0 atom stereocenters. The molecular formula is C25H25N3O3S. The van der Waals surface area contributed by atoms with Gasteiger partial charge >= 0.3 is 0 Å². The van der Waals surface area contributed by atoms with Crippen LogP contribution < -0.4 is 4.90 Å². The van der Waals surface area contributed by atoms with Crippen LogP contribution in [-0.4, -0.2) is 44.2 Å². The molecule has 1 heterocycles. The van der Waals surface area contributed by atoms with Crippen molar-refractivity contribution in [1.29, 1.82) is 0 Å². The summed E-state index contributed by atoms with van der Waals surface area (Å²) in [5.41, 5.74) is 4.67. The molecular weight excluding hydrogens is 422 g/mol. The Hall–Kier alpha value is -3.42. The molecule has 164 valence electrons. The van der Waals surface area contributed by atoms with Crippen molar-refractivity contribution in [3.63, 3.8) is 0 Å². The van der Waals surface area contributed by atoms with E-state index < -0.39 is 10.7 Å². The highest BCUT2D eigenvalue weighted by Gasteiger charge is 2.20. The fraction of sp³-hybridized carbons (Fsp3) is 0.160. The van der Waals surface area contributed by atoms with E-state index in [2.05, 4.69) is 9.88 Å². The largest absolute Gasteiger partial charge is 0.507 e. The van der Waals surface area contributed by atoms with Crippen LogP contribution in [0.15, 0.2) is 79.0 Å². The van der Waals surface area contributed by atoms with E-state index in [9.17, 15) is 13.5 Å². The minimum absolute atomic E-state index is 0.106. The molecule has 0 radical (unpaired) electrons. The Morgan fingerprint density at radius 1 is 0.938 bits per heavy atom. The van der Waals surface area contributed by atoms with Crippen molar-refractivity contribution in [2.24, 2.45) is 0 Å². The Labute approximate surface area is 189 Å². The number of hydrogen-bond acceptors (Lipinski definition) is 6. The van der Waals surface area contributed by atoms with Gasteiger partial charge in [0.1, 0.15) is 16.5 Å². The number of phenols is 1. The quantitative estimate of drug-likeness (QED) is 0.324. The van der Waals surface area contributed by atoms with E-state index >= 15 is 0 Å².